The summed E-state index contributed by atoms with van der Waals surface area (Å²) >= 11 is 0. The third kappa shape index (κ3) is 4.55. The van der Waals surface area contributed by atoms with Gasteiger partial charge in [-0.3, -0.25) is 10.1 Å². The number of nitro benzene ring substituents is 1. The Morgan fingerprint density at radius 1 is 1.16 bits per heavy atom. The largest absolute Gasteiger partial charge is 0.385 e. The summed E-state index contributed by atoms with van der Waals surface area (Å²) in [5.74, 6) is 0. The molecule has 0 spiro atoms. The molecular weight excluding hydrogens is 342 g/mol. The van der Waals surface area contributed by atoms with Crippen LogP contribution < -0.4 is 5.32 Å². The van der Waals surface area contributed by atoms with Crippen LogP contribution in [0.2, 0.25) is 0 Å². The Labute approximate surface area is 147 Å². The van der Waals surface area contributed by atoms with Crippen molar-refractivity contribution in [3.05, 3.63) is 64.2 Å². The molecule has 8 heteroatoms. The molecule has 2 rings (SSSR count). The van der Waals surface area contributed by atoms with E-state index in [9.17, 15) is 18.5 Å². The minimum Gasteiger partial charge on any atom is -0.385 e. The van der Waals surface area contributed by atoms with Gasteiger partial charge in [0.1, 0.15) is 0 Å². The molecule has 0 amide bonds. The molecule has 0 aliphatic carbocycles. The smallest absolute Gasteiger partial charge is 0.289 e. The van der Waals surface area contributed by atoms with Crippen molar-refractivity contribution in [2.24, 2.45) is 0 Å². The average molecular weight is 363 g/mol. The number of nitrogens with zero attached hydrogens (tertiary/aromatic N) is 2. The van der Waals surface area contributed by atoms with Crippen LogP contribution in [0.4, 0.5) is 11.4 Å². The first kappa shape index (κ1) is 18.9. The molecule has 1 N–H and O–H groups in total. The maximum Gasteiger partial charge on any atom is 0.289 e. The van der Waals surface area contributed by atoms with E-state index >= 15 is 0 Å². The molecule has 0 atom stereocenters. The van der Waals surface area contributed by atoms with Crippen molar-refractivity contribution in [2.75, 3.05) is 18.9 Å². The highest BCUT2D eigenvalue weighted by Gasteiger charge is 2.30. The average Bonchev–Trinajstić information content (AvgIpc) is 2.60. The van der Waals surface area contributed by atoms with Crippen LogP contribution in [0.5, 0.6) is 0 Å². The zero-order valence-corrected chi connectivity index (χ0v) is 15.0. The maximum absolute atomic E-state index is 12.9. The molecule has 0 aromatic heterocycles. The molecule has 0 heterocycles. The summed E-state index contributed by atoms with van der Waals surface area (Å²) in [6.07, 6.45) is 0.854. The number of rotatable bonds is 8. The number of anilines is 1. The Morgan fingerprint density at radius 2 is 1.84 bits per heavy atom. The van der Waals surface area contributed by atoms with Gasteiger partial charge in [-0.05, 0) is 24.1 Å². The van der Waals surface area contributed by atoms with Crippen molar-refractivity contribution in [3.63, 3.8) is 0 Å². The quantitative estimate of drug-likeness (QED) is 0.574. The van der Waals surface area contributed by atoms with Gasteiger partial charge in [-0.15, -0.1) is 0 Å². The minimum absolute atomic E-state index is 0.132. The molecule has 7 nitrogen and oxygen atoms in total. The molecule has 0 fully saturated rings. The van der Waals surface area contributed by atoms with Crippen molar-refractivity contribution in [2.45, 2.75) is 24.8 Å². The molecule has 0 radical (unpaired) electrons. The van der Waals surface area contributed by atoms with E-state index in [2.05, 4.69) is 5.32 Å². The predicted octanol–water partition coefficient (Wildman–Crippen LogP) is 3.24. The Morgan fingerprint density at radius 3 is 2.44 bits per heavy atom. The third-order valence-electron chi connectivity index (χ3n) is 3.67. The Hall–Kier alpha value is -2.45. The number of benzene rings is 2. The lowest BCUT2D eigenvalue weighted by atomic mass is 10.2. The fourth-order valence-electron chi connectivity index (χ4n) is 2.34. The van der Waals surface area contributed by atoms with E-state index in [4.69, 9.17) is 0 Å². The Balaban J connectivity index is 2.40. The second-order valence-electron chi connectivity index (χ2n) is 5.61. The van der Waals surface area contributed by atoms with Crippen LogP contribution in [0.3, 0.4) is 0 Å². The molecule has 2 aromatic carbocycles. The first-order valence-electron chi connectivity index (χ1n) is 7.89. The van der Waals surface area contributed by atoms with E-state index in [0.29, 0.717) is 12.2 Å². The standard InChI is InChI=1S/C17H21N3O4S/c1-3-11-18-15-9-10-16(20(21)22)17(12-15)25(23,24)19(2)13-14-7-5-4-6-8-14/h4-10,12,18H,3,11,13H2,1-2H3. The van der Waals surface area contributed by atoms with Crippen molar-refractivity contribution in [3.8, 4) is 0 Å². The van der Waals surface area contributed by atoms with Crippen LogP contribution in [0.15, 0.2) is 53.4 Å². The van der Waals surface area contributed by atoms with Crippen molar-refractivity contribution in [1.29, 1.82) is 0 Å². The highest BCUT2D eigenvalue weighted by Crippen LogP contribution is 2.29. The van der Waals surface area contributed by atoms with Gasteiger partial charge < -0.3 is 5.32 Å². The van der Waals surface area contributed by atoms with E-state index < -0.39 is 20.6 Å². The van der Waals surface area contributed by atoms with Gasteiger partial charge in [0.05, 0.1) is 4.92 Å². The van der Waals surface area contributed by atoms with Gasteiger partial charge in [-0.25, -0.2) is 8.42 Å². The zero-order chi connectivity index (χ0) is 18.4. The Kier molecular flexibility index (Phi) is 6.11. The van der Waals surface area contributed by atoms with Gasteiger partial charge in [0.2, 0.25) is 10.0 Å². The van der Waals surface area contributed by atoms with Gasteiger partial charge in [0, 0.05) is 31.9 Å². The number of sulfonamides is 1. The fourth-order valence-corrected chi connectivity index (χ4v) is 3.68. The van der Waals surface area contributed by atoms with E-state index in [1.807, 2.05) is 25.1 Å². The first-order chi connectivity index (χ1) is 11.9. The summed E-state index contributed by atoms with van der Waals surface area (Å²) in [5, 5.41) is 14.3. The summed E-state index contributed by atoms with van der Waals surface area (Å²) in [7, 11) is -2.59. The van der Waals surface area contributed by atoms with Crippen LogP contribution in [-0.2, 0) is 16.6 Å². The molecular formula is C17H21N3O4S. The summed E-state index contributed by atoms with van der Waals surface area (Å²) in [5.41, 5.74) is 0.914. The normalized spacial score (nSPS) is 11.5. The van der Waals surface area contributed by atoms with Gasteiger partial charge in [-0.2, -0.15) is 4.31 Å². The number of hydrogen-bond acceptors (Lipinski definition) is 5. The van der Waals surface area contributed by atoms with E-state index in [1.165, 1.54) is 25.2 Å². The molecule has 2 aromatic rings. The second-order valence-corrected chi connectivity index (χ2v) is 7.63. The molecule has 0 bridgehead atoms. The van der Waals surface area contributed by atoms with Crippen LogP contribution in [-0.4, -0.2) is 31.2 Å². The fraction of sp³-hybridized carbons (Fsp3) is 0.294. The second kappa shape index (κ2) is 8.09. The molecule has 25 heavy (non-hydrogen) atoms. The maximum atomic E-state index is 12.9. The lowest BCUT2D eigenvalue weighted by molar-refractivity contribution is -0.387. The molecule has 0 aliphatic rings. The highest BCUT2D eigenvalue weighted by atomic mass is 32.2. The summed E-state index contributed by atoms with van der Waals surface area (Å²) in [6, 6.07) is 13.1. The summed E-state index contributed by atoms with van der Waals surface area (Å²) in [6.45, 7) is 2.76. The predicted molar refractivity (Wildman–Crippen MR) is 97.0 cm³/mol. The lowest BCUT2D eigenvalue weighted by Crippen LogP contribution is -2.27. The van der Waals surface area contributed by atoms with E-state index in [0.717, 1.165) is 16.3 Å². The van der Waals surface area contributed by atoms with Crippen molar-refractivity contribution in [1.82, 2.24) is 4.31 Å². The SMILES string of the molecule is CCCNc1ccc([N+](=O)[O-])c(S(=O)(=O)N(C)Cc2ccccc2)c1. The lowest BCUT2D eigenvalue weighted by Gasteiger charge is -2.18. The topological polar surface area (TPSA) is 92.5 Å². The van der Waals surface area contributed by atoms with Gasteiger partial charge in [-0.1, -0.05) is 37.3 Å². The molecule has 0 saturated heterocycles. The number of hydrogen-bond donors (Lipinski definition) is 1. The van der Waals surface area contributed by atoms with Gasteiger partial charge in [0.15, 0.2) is 4.90 Å². The van der Waals surface area contributed by atoms with Gasteiger partial charge in [0.25, 0.3) is 5.69 Å². The van der Waals surface area contributed by atoms with Crippen LogP contribution in [0.1, 0.15) is 18.9 Å². The first-order valence-corrected chi connectivity index (χ1v) is 9.33. The monoisotopic (exact) mass is 363 g/mol. The van der Waals surface area contributed by atoms with Crippen LogP contribution >= 0.6 is 0 Å². The highest BCUT2D eigenvalue weighted by molar-refractivity contribution is 7.89. The third-order valence-corrected chi connectivity index (χ3v) is 5.50. The number of nitrogens with one attached hydrogen (secondary N) is 1. The van der Waals surface area contributed by atoms with Gasteiger partial charge >= 0.3 is 0 Å². The van der Waals surface area contributed by atoms with E-state index in [-0.39, 0.29) is 11.4 Å². The molecule has 0 unspecified atom stereocenters. The van der Waals surface area contributed by atoms with Crippen molar-refractivity contribution >= 4 is 21.4 Å². The van der Waals surface area contributed by atoms with Crippen LogP contribution in [0, 0.1) is 10.1 Å². The Bertz CT molecular complexity index is 838. The number of nitro groups is 1. The summed E-state index contributed by atoms with van der Waals surface area (Å²) in [4.78, 5) is 10.3. The summed E-state index contributed by atoms with van der Waals surface area (Å²) < 4.78 is 26.9. The van der Waals surface area contributed by atoms with Crippen molar-refractivity contribution < 1.29 is 13.3 Å². The molecule has 0 aliphatic heterocycles. The van der Waals surface area contributed by atoms with E-state index in [1.54, 1.807) is 12.1 Å². The van der Waals surface area contributed by atoms with Crippen LogP contribution in [0.25, 0.3) is 0 Å². The minimum atomic E-state index is -4.01. The molecule has 0 saturated carbocycles. The zero-order valence-electron chi connectivity index (χ0n) is 14.2. The molecule has 134 valence electrons.